The average molecular weight is 341 g/mol. The van der Waals surface area contributed by atoms with Crippen molar-refractivity contribution in [2.75, 3.05) is 39.4 Å². The fourth-order valence-electron chi connectivity index (χ4n) is 3.48. The van der Waals surface area contributed by atoms with Crippen molar-refractivity contribution in [1.29, 1.82) is 0 Å². The molecule has 5 heteroatoms. The van der Waals surface area contributed by atoms with Crippen LogP contribution in [0.15, 0.2) is 54.6 Å². The third-order valence-electron chi connectivity index (χ3n) is 4.80. The highest BCUT2D eigenvalue weighted by molar-refractivity contribution is 5.63. The number of hydrogen-bond acceptors (Lipinski definition) is 5. The zero-order chi connectivity index (χ0) is 17.5. The molecule has 0 aromatic heterocycles. The summed E-state index contributed by atoms with van der Waals surface area (Å²) in [5.41, 5.74) is 10.3. The second kappa shape index (κ2) is 9.08. The molecule has 1 aliphatic heterocycles. The maximum absolute atomic E-state index is 9.20. The summed E-state index contributed by atoms with van der Waals surface area (Å²) in [4.78, 5) is 2.12. The zero-order valence-corrected chi connectivity index (χ0v) is 14.4. The highest BCUT2D eigenvalue weighted by atomic mass is 16.3. The monoisotopic (exact) mass is 341 g/mol. The van der Waals surface area contributed by atoms with Crippen molar-refractivity contribution in [1.82, 2.24) is 15.8 Å². The molecule has 0 radical (unpaired) electrons. The molecule has 1 heterocycles. The fraction of sp³-hybridized carbons (Fsp3) is 0.400. The van der Waals surface area contributed by atoms with E-state index in [1.807, 2.05) is 6.07 Å². The Morgan fingerprint density at radius 3 is 2.16 bits per heavy atom. The molecule has 4 N–H and O–H groups in total. The molecule has 1 saturated heterocycles. The first-order chi connectivity index (χ1) is 12.3. The molecule has 2 unspecified atom stereocenters. The standard InChI is InChI=1S/C20H27N3O2/c24-12-10-23(11-13-25)15-19-14-21-22-20(19)18-8-6-17(7-9-18)16-4-2-1-3-5-16/h1-9,19-22,24-25H,10-15H2. The Labute approximate surface area is 149 Å². The van der Waals surface area contributed by atoms with Gasteiger partial charge >= 0.3 is 0 Å². The Hall–Kier alpha value is -1.76. The molecule has 1 aliphatic rings. The molecule has 2 aromatic rings. The van der Waals surface area contributed by atoms with Gasteiger partial charge in [-0.15, -0.1) is 0 Å². The first-order valence-corrected chi connectivity index (χ1v) is 8.89. The smallest absolute Gasteiger partial charge is 0.0558 e. The van der Waals surface area contributed by atoms with Gasteiger partial charge in [-0.05, 0) is 16.7 Å². The molecule has 0 saturated carbocycles. The van der Waals surface area contributed by atoms with Gasteiger partial charge in [-0.2, -0.15) is 0 Å². The van der Waals surface area contributed by atoms with Crippen LogP contribution in [0.4, 0.5) is 0 Å². The predicted molar refractivity (Wildman–Crippen MR) is 99.9 cm³/mol. The lowest BCUT2D eigenvalue weighted by molar-refractivity contribution is 0.143. The van der Waals surface area contributed by atoms with Crippen molar-refractivity contribution in [3.8, 4) is 11.1 Å². The number of rotatable bonds is 8. The molecule has 1 fully saturated rings. The Morgan fingerprint density at radius 2 is 1.52 bits per heavy atom. The number of nitrogens with zero attached hydrogens (tertiary/aromatic N) is 1. The first-order valence-electron chi connectivity index (χ1n) is 8.89. The van der Waals surface area contributed by atoms with Gasteiger partial charge in [0.1, 0.15) is 0 Å². The van der Waals surface area contributed by atoms with Gasteiger partial charge in [0.05, 0.1) is 19.3 Å². The summed E-state index contributed by atoms with van der Waals surface area (Å²) in [6.45, 7) is 3.13. The normalized spacial score (nSPS) is 20.3. The number of nitrogens with one attached hydrogen (secondary N) is 2. The molecule has 134 valence electrons. The molecule has 5 nitrogen and oxygen atoms in total. The first kappa shape index (κ1) is 18.0. The van der Waals surface area contributed by atoms with Crippen LogP contribution in [-0.4, -0.2) is 54.5 Å². The van der Waals surface area contributed by atoms with Gasteiger partial charge in [-0.3, -0.25) is 10.3 Å². The summed E-state index contributed by atoms with van der Waals surface area (Å²) in [5, 5.41) is 18.4. The van der Waals surface area contributed by atoms with Crippen LogP contribution in [0.5, 0.6) is 0 Å². The van der Waals surface area contributed by atoms with Crippen molar-refractivity contribution in [2.24, 2.45) is 5.92 Å². The van der Waals surface area contributed by atoms with Crippen LogP contribution < -0.4 is 10.9 Å². The summed E-state index contributed by atoms with van der Waals surface area (Å²) in [6, 6.07) is 19.3. The third-order valence-corrected chi connectivity index (χ3v) is 4.80. The van der Waals surface area contributed by atoms with Gasteiger partial charge in [0.15, 0.2) is 0 Å². The maximum Gasteiger partial charge on any atom is 0.0558 e. The van der Waals surface area contributed by atoms with E-state index in [9.17, 15) is 10.2 Å². The lowest BCUT2D eigenvalue weighted by Crippen LogP contribution is -2.36. The van der Waals surface area contributed by atoms with Crippen molar-refractivity contribution in [3.63, 3.8) is 0 Å². The molecule has 0 aliphatic carbocycles. The summed E-state index contributed by atoms with van der Waals surface area (Å²) in [5.74, 6) is 0.390. The Morgan fingerprint density at radius 1 is 0.880 bits per heavy atom. The molecule has 2 atom stereocenters. The zero-order valence-electron chi connectivity index (χ0n) is 14.4. The number of hydrogen-bond donors (Lipinski definition) is 4. The molecule has 3 rings (SSSR count). The van der Waals surface area contributed by atoms with Crippen LogP contribution in [-0.2, 0) is 0 Å². The van der Waals surface area contributed by atoms with Crippen molar-refractivity contribution in [3.05, 3.63) is 60.2 Å². The summed E-state index contributed by atoms with van der Waals surface area (Å²) in [6.07, 6.45) is 0. The quantitative estimate of drug-likeness (QED) is 0.585. The molecule has 2 aromatic carbocycles. The molecule has 0 spiro atoms. The van der Waals surface area contributed by atoms with Gasteiger partial charge in [-0.25, -0.2) is 5.43 Å². The van der Waals surface area contributed by atoms with Crippen LogP contribution in [0.2, 0.25) is 0 Å². The largest absolute Gasteiger partial charge is 0.395 e. The van der Waals surface area contributed by atoms with E-state index in [2.05, 4.69) is 64.3 Å². The number of aliphatic hydroxyl groups excluding tert-OH is 2. The number of aliphatic hydroxyl groups is 2. The highest BCUT2D eigenvalue weighted by Gasteiger charge is 2.29. The van der Waals surface area contributed by atoms with Gasteiger partial charge < -0.3 is 10.2 Å². The third kappa shape index (κ3) is 4.66. The van der Waals surface area contributed by atoms with Crippen LogP contribution in [0, 0.1) is 5.92 Å². The maximum atomic E-state index is 9.20. The topological polar surface area (TPSA) is 67.8 Å². The predicted octanol–water partition coefficient (Wildman–Crippen LogP) is 1.41. The van der Waals surface area contributed by atoms with Crippen LogP contribution >= 0.6 is 0 Å². The minimum atomic E-state index is 0.115. The van der Waals surface area contributed by atoms with Crippen LogP contribution in [0.25, 0.3) is 11.1 Å². The van der Waals surface area contributed by atoms with Gasteiger partial charge in [0.25, 0.3) is 0 Å². The second-order valence-corrected chi connectivity index (χ2v) is 6.50. The second-order valence-electron chi connectivity index (χ2n) is 6.50. The Balaban J connectivity index is 1.69. The minimum Gasteiger partial charge on any atom is -0.395 e. The molecule has 25 heavy (non-hydrogen) atoms. The SMILES string of the molecule is OCCN(CCO)CC1CNNC1c1ccc(-c2ccccc2)cc1. The van der Waals surface area contributed by atoms with E-state index < -0.39 is 0 Å². The van der Waals surface area contributed by atoms with Crippen LogP contribution in [0.3, 0.4) is 0 Å². The van der Waals surface area contributed by atoms with E-state index in [4.69, 9.17) is 0 Å². The van der Waals surface area contributed by atoms with E-state index in [0.717, 1.165) is 13.1 Å². The van der Waals surface area contributed by atoms with E-state index in [-0.39, 0.29) is 19.3 Å². The van der Waals surface area contributed by atoms with Gasteiger partial charge in [0.2, 0.25) is 0 Å². The summed E-state index contributed by atoms with van der Waals surface area (Å²) < 4.78 is 0. The van der Waals surface area contributed by atoms with Crippen molar-refractivity contribution < 1.29 is 10.2 Å². The fourth-order valence-corrected chi connectivity index (χ4v) is 3.48. The van der Waals surface area contributed by atoms with Crippen molar-refractivity contribution >= 4 is 0 Å². The molecule has 0 bridgehead atoms. The lowest BCUT2D eigenvalue weighted by Gasteiger charge is -2.27. The molecular formula is C20H27N3O2. The van der Waals surface area contributed by atoms with E-state index in [0.29, 0.717) is 19.0 Å². The van der Waals surface area contributed by atoms with E-state index in [1.165, 1.54) is 16.7 Å². The average Bonchev–Trinajstić information content (AvgIpc) is 3.11. The summed E-state index contributed by atoms with van der Waals surface area (Å²) in [7, 11) is 0. The van der Waals surface area contributed by atoms with E-state index in [1.54, 1.807) is 0 Å². The van der Waals surface area contributed by atoms with Crippen molar-refractivity contribution in [2.45, 2.75) is 6.04 Å². The van der Waals surface area contributed by atoms with E-state index >= 15 is 0 Å². The Bertz CT molecular complexity index is 627. The molecule has 0 amide bonds. The Kier molecular flexibility index (Phi) is 6.55. The van der Waals surface area contributed by atoms with Gasteiger partial charge in [-0.1, -0.05) is 54.6 Å². The summed E-state index contributed by atoms with van der Waals surface area (Å²) >= 11 is 0. The highest BCUT2D eigenvalue weighted by Crippen LogP contribution is 2.28. The molecular weight excluding hydrogens is 314 g/mol. The lowest BCUT2D eigenvalue weighted by atomic mass is 9.93. The van der Waals surface area contributed by atoms with Gasteiger partial charge in [0, 0.05) is 32.1 Å². The number of hydrazine groups is 1. The number of benzene rings is 2. The van der Waals surface area contributed by atoms with Crippen LogP contribution in [0.1, 0.15) is 11.6 Å². The minimum absolute atomic E-state index is 0.115.